The van der Waals surface area contributed by atoms with Gasteiger partial charge in [0.25, 0.3) is 5.78 Å². The molecule has 0 unspecified atom stereocenters. The number of nitrogens with one attached hydrogen (secondary N) is 1. The highest BCUT2D eigenvalue weighted by molar-refractivity contribution is 6.31. The van der Waals surface area contributed by atoms with Crippen LogP contribution in [0.15, 0.2) is 47.1 Å². The molecule has 7 heteroatoms. The Morgan fingerprint density at radius 3 is 2.75 bits per heavy atom. The molecule has 0 aliphatic heterocycles. The third-order valence-electron chi connectivity index (χ3n) is 3.63. The second kappa shape index (κ2) is 5.65. The Balaban J connectivity index is 1.80. The van der Waals surface area contributed by atoms with Crippen LogP contribution >= 0.6 is 11.6 Å². The van der Waals surface area contributed by atoms with Crippen molar-refractivity contribution in [3.8, 4) is 11.6 Å². The van der Waals surface area contributed by atoms with Crippen LogP contribution in [0.4, 0.5) is 11.5 Å². The Hall–Kier alpha value is -2.86. The molecule has 0 atom stereocenters. The Kier molecular flexibility index (Phi) is 3.46. The first kappa shape index (κ1) is 14.7. The summed E-state index contributed by atoms with van der Waals surface area (Å²) in [5, 5.41) is 8.51. The zero-order chi connectivity index (χ0) is 16.7. The van der Waals surface area contributed by atoms with Crippen molar-refractivity contribution in [1.29, 1.82) is 0 Å². The van der Waals surface area contributed by atoms with E-state index in [0.717, 1.165) is 22.8 Å². The third-order valence-corrected chi connectivity index (χ3v) is 4.03. The number of furan rings is 1. The van der Waals surface area contributed by atoms with Gasteiger partial charge in [0.1, 0.15) is 5.82 Å². The fourth-order valence-electron chi connectivity index (χ4n) is 2.40. The van der Waals surface area contributed by atoms with Crippen LogP contribution in [-0.4, -0.2) is 19.6 Å². The molecule has 3 heterocycles. The van der Waals surface area contributed by atoms with Gasteiger partial charge in [0.15, 0.2) is 5.76 Å². The summed E-state index contributed by atoms with van der Waals surface area (Å²) in [4.78, 5) is 8.85. The van der Waals surface area contributed by atoms with E-state index >= 15 is 0 Å². The summed E-state index contributed by atoms with van der Waals surface area (Å²) >= 11 is 6.20. The van der Waals surface area contributed by atoms with Gasteiger partial charge in [-0.2, -0.15) is 9.50 Å². The second-order valence-electron chi connectivity index (χ2n) is 5.50. The van der Waals surface area contributed by atoms with E-state index < -0.39 is 0 Å². The number of hydrogen-bond donors (Lipinski definition) is 1. The van der Waals surface area contributed by atoms with Crippen molar-refractivity contribution < 1.29 is 4.42 Å². The van der Waals surface area contributed by atoms with Gasteiger partial charge < -0.3 is 9.73 Å². The molecule has 0 aliphatic carbocycles. The lowest BCUT2D eigenvalue weighted by molar-refractivity contribution is 0.577. The van der Waals surface area contributed by atoms with Crippen LogP contribution in [0.25, 0.3) is 17.4 Å². The minimum Gasteiger partial charge on any atom is -0.461 e. The normalized spacial score (nSPS) is 11.1. The number of nitrogens with zero attached hydrogens (tertiary/aromatic N) is 4. The zero-order valence-corrected chi connectivity index (χ0v) is 13.9. The Bertz CT molecular complexity index is 1020. The molecule has 0 saturated carbocycles. The quantitative estimate of drug-likeness (QED) is 0.599. The van der Waals surface area contributed by atoms with Crippen LogP contribution in [0.3, 0.4) is 0 Å². The molecule has 0 bridgehead atoms. The number of anilines is 2. The van der Waals surface area contributed by atoms with Gasteiger partial charge in [-0.25, -0.2) is 4.98 Å². The lowest BCUT2D eigenvalue weighted by Gasteiger charge is -2.09. The molecule has 0 radical (unpaired) electrons. The average Bonchev–Trinajstić information content (AvgIpc) is 3.19. The highest BCUT2D eigenvalue weighted by Gasteiger charge is 2.13. The van der Waals surface area contributed by atoms with Crippen molar-refractivity contribution in [3.05, 3.63) is 58.9 Å². The lowest BCUT2D eigenvalue weighted by atomic mass is 10.2. The molecular formula is C17H14ClN5O. The number of fused-ring (bicyclic) bond motifs is 1. The highest BCUT2D eigenvalue weighted by Crippen LogP contribution is 2.24. The van der Waals surface area contributed by atoms with Crippen LogP contribution in [0.5, 0.6) is 0 Å². The highest BCUT2D eigenvalue weighted by atomic mass is 35.5. The van der Waals surface area contributed by atoms with E-state index in [2.05, 4.69) is 20.4 Å². The van der Waals surface area contributed by atoms with Gasteiger partial charge >= 0.3 is 0 Å². The fraction of sp³-hybridized carbons (Fsp3) is 0.118. The van der Waals surface area contributed by atoms with Gasteiger partial charge in [-0.1, -0.05) is 17.7 Å². The van der Waals surface area contributed by atoms with Crippen LogP contribution in [-0.2, 0) is 0 Å². The number of benzene rings is 1. The molecule has 3 aromatic heterocycles. The molecule has 0 aliphatic rings. The minimum atomic E-state index is 0.489. The number of halogens is 1. The molecule has 0 fully saturated rings. The summed E-state index contributed by atoms with van der Waals surface area (Å²) in [6.45, 7) is 3.88. The minimum absolute atomic E-state index is 0.489. The summed E-state index contributed by atoms with van der Waals surface area (Å²) < 4.78 is 7.01. The van der Waals surface area contributed by atoms with Crippen molar-refractivity contribution >= 4 is 28.9 Å². The van der Waals surface area contributed by atoms with Crippen LogP contribution in [0.1, 0.15) is 11.3 Å². The van der Waals surface area contributed by atoms with Crippen LogP contribution in [0.2, 0.25) is 5.02 Å². The maximum Gasteiger partial charge on any atom is 0.255 e. The standard InChI is InChI=1S/C17H14ClN5O/c1-10-5-6-12(9-13(10)18)20-15-8-11(2)19-17-21-16(22-23(15)17)14-4-3-7-24-14/h3-9,20H,1-2H3. The van der Waals surface area contributed by atoms with Crippen LogP contribution < -0.4 is 5.32 Å². The van der Waals surface area contributed by atoms with E-state index in [1.165, 1.54) is 0 Å². The van der Waals surface area contributed by atoms with E-state index in [-0.39, 0.29) is 0 Å². The predicted molar refractivity (Wildman–Crippen MR) is 92.7 cm³/mol. The van der Waals surface area contributed by atoms with Crippen molar-refractivity contribution in [2.75, 3.05) is 5.32 Å². The largest absolute Gasteiger partial charge is 0.461 e. The summed E-state index contributed by atoms with van der Waals surface area (Å²) in [6, 6.07) is 11.3. The number of aryl methyl sites for hydroxylation is 2. The summed E-state index contributed by atoms with van der Waals surface area (Å²) in [6.07, 6.45) is 1.59. The van der Waals surface area contributed by atoms with Gasteiger partial charge in [-0.3, -0.25) is 0 Å². The van der Waals surface area contributed by atoms with Gasteiger partial charge in [-0.15, -0.1) is 5.10 Å². The van der Waals surface area contributed by atoms with Gasteiger partial charge in [-0.05, 0) is 43.7 Å². The Morgan fingerprint density at radius 2 is 2.00 bits per heavy atom. The molecule has 120 valence electrons. The molecule has 4 rings (SSSR count). The summed E-state index contributed by atoms with van der Waals surface area (Å²) in [7, 11) is 0. The van der Waals surface area contributed by atoms with Gasteiger partial charge in [0.2, 0.25) is 5.82 Å². The predicted octanol–water partition coefficient (Wildman–Crippen LogP) is 4.40. The average molecular weight is 340 g/mol. The first-order valence-corrected chi connectivity index (χ1v) is 7.79. The maximum absolute atomic E-state index is 6.20. The molecule has 0 spiro atoms. The molecule has 0 saturated heterocycles. The molecular weight excluding hydrogens is 326 g/mol. The smallest absolute Gasteiger partial charge is 0.255 e. The third kappa shape index (κ3) is 2.61. The lowest BCUT2D eigenvalue weighted by Crippen LogP contribution is -2.02. The molecule has 6 nitrogen and oxygen atoms in total. The molecule has 0 amide bonds. The Labute approximate surface area is 143 Å². The number of aromatic nitrogens is 4. The van der Waals surface area contributed by atoms with Crippen molar-refractivity contribution in [1.82, 2.24) is 19.6 Å². The van der Waals surface area contributed by atoms with E-state index in [1.807, 2.05) is 44.2 Å². The van der Waals surface area contributed by atoms with Crippen molar-refractivity contribution in [2.45, 2.75) is 13.8 Å². The van der Waals surface area contributed by atoms with E-state index in [1.54, 1.807) is 16.8 Å². The van der Waals surface area contributed by atoms with E-state index in [4.69, 9.17) is 16.0 Å². The molecule has 1 N–H and O–H groups in total. The summed E-state index contributed by atoms with van der Waals surface area (Å²) in [5.41, 5.74) is 2.73. The first-order chi connectivity index (χ1) is 11.6. The molecule has 24 heavy (non-hydrogen) atoms. The zero-order valence-electron chi connectivity index (χ0n) is 13.1. The van der Waals surface area contributed by atoms with Crippen LogP contribution in [0, 0.1) is 13.8 Å². The monoisotopic (exact) mass is 339 g/mol. The maximum atomic E-state index is 6.20. The van der Waals surface area contributed by atoms with Gasteiger partial charge in [0, 0.05) is 22.5 Å². The Morgan fingerprint density at radius 1 is 1.12 bits per heavy atom. The number of rotatable bonds is 3. The van der Waals surface area contributed by atoms with Gasteiger partial charge in [0.05, 0.1) is 6.26 Å². The topological polar surface area (TPSA) is 68.2 Å². The number of hydrogen-bond acceptors (Lipinski definition) is 5. The fourth-order valence-corrected chi connectivity index (χ4v) is 2.59. The van der Waals surface area contributed by atoms with E-state index in [9.17, 15) is 0 Å². The first-order valence-electron chi connectivity index (χ1n) is 7.41. The van der Waals surface area contributed by atoms with Crippen molar-refractivity contribution in [2.24, 2.45) is 0 Å². The summed E-state index contributed by atoms with van der Waals surface area (Å²) in [5.74, 6) is 2.34. The SMILES string of the molecule is Cc1cc(Nc2ccc(C)c(Cl)c2)n2nc(-c3ccco3)nc2n1. The second-order valence-corrected chi connectivity index (χ2v) is 5.90. The molecule has 4 aromatic rings. The van der Waals surface area contributed by atoms with E-state index in [0.29, 0.717) is 22.4 Å². The molecule has 1 aromatic carbocycles. The van der Waals surface area contributed by atoms with Crippen molar-refractivity contribution in [3.63, 3.8) is 0 Å².